The highest BCUT2D eigenvalue weighted by Crippen LogP contribution is 2.13. The molecule has 0 aliphatic carbocycles. The van der Waals surface area contributed by atoms with Crippen LogP contribution in [0.4, 0.5) is 0 Å². The van der Waals surface area contributed by atoms with E-state index in [9.17, 15) is 0 Å². The maximum absolute atomic E-state index is 5.53. The maximum Gasteiger partial charge on any atom is 0.119 e. The summed E-state index contributed by atoms with van der Waals surface area (Å²) in [6.07, 6.45) is 4.51. The van der Waals surface area contributed by atoms with Crippen LogP contribution in [0.25, 0.3) is 0 Å². The summed E-state index contributed by atoms with van der Waals surface area (Å²) in [7, 11) is 1.68. The molecule has 1 aromatic carbocycles. The summed E-state index contributed by atoms with van der Waals surface area (Å²) >= 11 is 0. The molecule has 3 heteroatoms. The fraction of sp³-hybridized carbons (Fsp3) is 0.625. The van der Waals surface area contributed by atoms with Gasteiger partial charge in [0.2, 0.25) is 0 Å². The second-order valence-electron chi connectivity index (χ2n) is 4.55. The third-order valence-corrected chi connectivity index (χ3v) is 2.83. The van der Waals surface area contributed by atoms with E-state index in [1.165, 1.54) is 12.0 Å². The van der Waals surface area contributed by atoms with Crippen LogP contribution in [0.3, 0.4) is 0 Å². The monoisotopic (exact) mass is 266 g/mol. The summed E-state index contributed by atoms with van der Waals surface area (Å²) in [5, 5.41) is 0. The molecule has 3 nitrogen and oxygen atoms in total. The molecule has 0 atom stereocenters. The number of methoxy groups -OCH3 is 1. The molecule has 0 bridgehead atoms. The van der Waals surface area contributed by atoms with Crippen molar-refractivity contribution in [1.82, 2.24) is 0 Å². The normalized spacial score (nSPS) is 10.6. The molecule has 0 saturated carbocycles. The molecule has 0 N–H and O–H groups in total. The van der Waals surface area contributed by atoms with Gasteiger partial charge in [-0.3, -0.25) is 0 Å². The van der Waals surface area contributed by atoms with E-state index in [0.29, 0.717) is 13.2 Å². The third kappa shape index (κ3) is 7.85. The van der Waals surface area contributed by atoms with Crippen LogP contribution in [0.1, 0.15) is 31.7 Å². The predicted octanol–water partition coefficient (Wildman–Crippen LogP) is 3.46. The van der Waals surface area contributed by atoms with E-state index in [0.717, 1.165) is 38.2 Å². The van der Waals surface area contributed by atoms with Crippen LogP contribution in [-0.2, 0) is 15.9 Å². The lowest BCUT2D eigenvalue weighted by atomic mass is 10.1. The topological polar surface area (TPSA) is 27.7 Å². The molecule has 0 heterocycles. The van der Waals surface area contributed by atoms with E-state index in [2.05, 4.69) is 19.1 Å². The molecule has 0 saturated heterocycles. The summed E-state index contributed by atoms with van der Waals surface area (Å²) in [6, 6.07) is 8.32. The van der Waals surface area contributed by atoms with Gasteiger partial charge < -0.3 is 14.2 Å². The number of hydrogen-bond acceptors (Lipinski definition) is 3. The molecule has 1 aromatic rings. The number of benzene rings is 1. The van der Waals surface area contributed by atoms with Crippen molar-refractivity contribution in [2.75, 3.05) is 33.5 Å². The molecule has 0 fully saturated rings. The molecule has 0 aromatic heterocycles. The number of hydrogen-bond donors (Lipinski definition) is 0. The van der Waals surface area contributed by atoms with Crippen molar-refractivity contribution < 1.29 is 14.2 Å². The molecule has 1 rings (SSSR count). The Balaban J connectivity index is 2.13. The molecule has 0 aliphatic rings. The molecular weight excluding hydrogens is 240 g/mol. The van der Waals surface area contributed by atoms with Gasteiger partial charge in [-0.05, 0) is 43.4 Å². The number of unbranched alkanes of at least 4 members (excludes halogenated alkanes) is 1. The lowest BCUT2D eigenvalue weighted by molar-refractivity contribution is 0.131. The lowest BCUT2D eigenvalue weighted by Gasteiger charge is -2.07. The van der Waals surface area contributed by atoms with Gasteiger partial charge in [0, 0.05) is 20.3 Å². The van der Waals surface area contributed by atoms with Gasteiger partial charge in [0.1, 0.15) is 12.4 Å². The van der Waals surface area contributed by atoms with Crippen molar-refractivity contribution in [3.63, 3.8) is 0 Å². The SMILES string of the molecule is CCCOCCCCc1ccc(OCCOC)cc1. The van der Waals surface area contributed by atoms with Gasteiger partial charge in [0.15, 0.2) is 0 Å². The number of rotatable bonds is 11. The van der Waals surface area contributed by atoms with E-state index in [1.807, 2.05) is 12.1 Å². The standard InChI is InChI=1S/C16H26O3/c1-3-11-18-12-5-4-6-15-7-9-16(10-8-15)19-14-13-17-2/h7-10H,3-6,11-14H2,1-2H3. The van der Waals surface area contributed by atoms with E-state index in [4.69, 9.17) is 14.2 Å². The first-order chi connectivity index (χ1) is 9.36. The van der Waals surface area contributed by atoms with E-state index >= 15 is 0 Å². The molecule has 0 amide bonds. The number of ether oxygens (including phenoxy) is 3. The lowest BCUT2D eigenvalue weighted by Crippen LogP contribution is -2.04. The molecule has 19 heavy (non-hydrogen) atoms. The zero-order valence-electron chi connectivity index (χ0n) is 12.2. The zero-order valence-corrected chi connectivity index (χ0v) is 12.2. The van der Waals surface area contributed by atoms with Crippen molar-refractivity contribution in [2.24, 2.45) is 0 Å². The Bertz CT molecular complexity index is 308. The second-order valence-corrected chi connectivity index (χ2v) is 4.55. The van der Waals surface area contributed by atoms with Gasteiger partial charge in [-0.25, -0.2) is 0 Å². The van der Waals surface area contributed by atoms with E-state index < -0.39 is 0 Å². The van der Waals surface area contributed by atoms with E-state index in [-0.39, 0.29) is 0 Å². The third-order valence-electron chi connectivity index (χ3n) is 2.83. The molecule has 108 valence electrons. The average molecular weight is 266 g/mol. The van der Waals surface area contributed by atoms with Crippen molar-refractivity contribution in [3.8, 4) is 5.75 Å². The fourth-order valence-corrected chi connectivity index (χ4v) is 1.77. The Morgan fingerprint density at radius 2 is 1.68 bits per heavy atom. The minimum atomic E-state index is 0.602. The van der Waals surface area contributed by atoms with Gasteiger partial charge in [0.05, 0.1) is 6.61 Å². The first-order valence-electron chi connectivity index (χ1n) is 7.15. The minimum absolute atomic E-state index is 0.602. The highest BCUT2D eigenvalue weighted by molar-refractivity contribution is 5.27. The van der Waals surface area contributed by atoms with Crippen LogP contribution in [-0.4, -0.2) is 33.5 Å². The largest absolute Gasteiger partial charge is 0.491 e. The summed E-state index contributed by atoms with van der Waals surface area (Å²) in [5.74, 6) is 0.909. The Kier molecular flexibility index (Phi) is 9.11. The smallest absolute Gasteiger partial charge is 0.119 e. The van der Waals surface area contributed by atoms with Crippen LogP contribution in [0.5, 0.6) is 5.75 Å². The van der Waals surface area contributed by atoms with Gasteiger partial charge in [0.25, 0.3) is 0 Å². The molecule has 0 aliphatic heterocycles. The molecule has 0 spiro atoms. The van der Waals surface area contributed by atoms with E-state index in [1.54, 1.807) is 7.11 Å². The first kappa shape index (κ1) is 16.0. The fourth-order valence-electron chi connectivity index (χ4n) is 1.77. The van der Waals surface area contributed by atoms with Crippen LogP contribution < -0.4 is 4.74 Å². The maximum atomic E-state index is 5.53. The highest BCUT2D eigenvalue weighted by atomic mass is 16.5. The second kappa shape index (κ2) is 10.8. The van der Waals surface area contributed by atoms with Gasteiger partial charge >= 0.3 is 0 Å². The molecular formula is C16H26O3. The highest BCUT2D eigenvalue weighted by Gasteiger charge is 1.96. The van der Waals surface area contributed by atoms with Crippen molar-refractivity contribution in [2.45, 2.75) is 32.6 Å². The summed E-state index contributed by atoms with van der Waals surface area (Å²) < 4.78 is 15.9. The zero-order chi connectivity index (χ0) is 13.8. The number of aryl methyl sites for hydroxylation is 1. The minimum Gasteiger partial charge on any atom is -0.491 e. The summed E-state index contributed by atoms with van der Waals surface area (Å²) in [5.41, 5.74) is 1.36. The van der Waals surface area contributed by atoms with Gasteiger partial charge in [-0.2, -0.15) is 0 Å². The summed E-state index contributed by atoms with van der Waals surface area (Å²) in [6.45, 7) is 5.12. The van der Waals surface area contributed by atoms with Gasteiger partial charge in [-0.1, -0.05) is 19.1 Å². The Morgan fingerprint density at radius 1 is 0.895 bits per heavy atom. The quantitative estimate of drug-likeness (QED) is 0.574. The van der Waals surface area contributed by atoms with Crippen LogP contribution >= 0.6 is 0 Å². The van der Waals surface area contributed by atoms with Gasteiger partial charge in [-0.15, -0.1) is 0 Å². The Hall–Kier alpha value is -1.06. The molecule has 0 radical (unpaired) electrons. The first-order valence-corrected chi connectivity index (χ1v) is 7.15. The predicted molar refractivity (Wildman–Crippen MR) is 77.9 cm³/mol. The molecule has 0 unspecified atom stereocenters. The van der Waals surface area contributed by atoms with Crippen LogP contribution in [0.2, 0.25) is 0 Å². The average Bonchev–Trinajstić information content (AvgIpc) is 2.44. The van der Waals surface area contributed by atoms with Crippen molar-refractivity contribution >= 4 is 0 Å². The Morgan fingerprint density at radius 3 is 2.37 bits per heavy atom. The van der Waals surface area contributed by atoms with Crippen molar-refractivity contribution in [1.29, 1.82) is 0 Å². The Labute approximate surface area is 116 Å². The van der Waals surface area contributed by atoms with Crippen LogP contribution in [0.15, 0.2) is 24.3 Å². The van der Waals surface area contributed by atoms with Crippen molar-refractivity contribution in [3.05, 3.63) is 29.8 Å². The summed E-state index contributed by atoms with van der Waals surface area (Å²) in [4.78, 5) is 0. The van der Waals surface area contributed by atoms with Crippen LogP contribution in [0, 0.1) is 0 Å².